The number of carbonyl (C=O) groups excluding carboxylic acids is 3. The van der Waals surface area contributed by atoms with Gasteiger partial charge in [0.1, 0.15) is 0 Å². The molecule has 3 aromatic rings. The fourth-order valence-electron chi connectivity index (χ4n) is 3.39. The van der Waals surface area contributed by atoms with E-state index in [2.05, 4.69) is 27.8 Å². The molecule has 0 aliphatic heterocycles. The van der Waals surface area contributed by atoms with Crippen molar-refractivity contribution in [2.75, 3.05) is 26.8 Å². The molecule has 0 saturated carbocycles. The number of sulfonamides is 1. The van der Waals surface area contributed by atoms with Gasteiger partial charge in [-0.15, -0.1) is 0 Å². The molecule has 2 aromatic carbocycles. The Labute approximate surface area is 227 Å². The minimum absolute atomic E-state index is 0.0611. The lowest BCUT2D eigenvalue weighted by atomic mass is 10.1. The molecular weight excluding hydrogens is 524 g/mol. The first-order valence-electron chi connectivity index (χ1n) is 12.2. The third-order valence-corrected chi connectivity index (χ3v) is 6.79. The van der Waals surface area contributed by atoms with Crippen LogP contribution in [0.3, 0.4) is 0 Å². The molecule has 3 amide bonds. The molecule has 0 fully saturated rings. The highest BCUT2D eigenvalue weighted by atomic mass is 32.2. The highest BCUT2D eigenvalue weighted by molar-refractivity contribution is 7.90. The van der Waals surface area contributed by atoms with E-state index in [-0.39, 0.29) is 28.8 Å². The van der Waals surface area contributed by atoms with E-state index in [4.69, 9.17) is 9.47 Å². The van der Waals surface area contributed by atoms with Crippen molar-refractivity contribution in [2.24, 2.45) is 0 Å². The Morgan fingerprint density at radius 2 is 1.54 bits per heavy atom. The van der Waals surface area contributed by atoms with E-state index >= 15 is 0 Å². The molecule has 0 aliphatic rings. The summed E-state index contributed by atoms with van der Waals surface area (Å²) >= 11 is 0. The van der Waals surface area contributed by atoms with Crippen molar-refractivity contribution in [3.8, 4) is 5.88 Å². The number of rotatable bonds is 13. The van der Waals surface area contributed by atoms with Gasteiger partial charge in [0, 0.05) is 38.0 Å². The molecule has 3 rings (SSSR count). The molecule has 0 aliphatic carbocycles. The third kappa shape index (κ3) is 9.51. The summed E-state index contributed by atoms with van der Waals surface area (Å²) in [5.41, 5.74) is 1.48. The predicted octanol–water partition coefficient (Wildman–Crippen LogP) is 2.69. The molecule has 0 unspecified atom stereocenters. The number of hydrogen-bond donors (Lipinski definition) is 3. The number of nitrogens with one attached hydrogen (secondary N) is 3. The Hall–Kier alpha value is -4.29. The number of hydrogen-bond acceptors (Lipinski definition) is 8. The number of carbonyl (C=O) groups is 3. The van der Waals surface area contributed by atoms with E-state index < -0.39 is 22.0 Å². The van der Waals surface area contributed by atoms with Crippen LogP contribution in [0.2, 0.25) is 0 Å². The number of nitrogens with zero attached hydrogens (tertiary/aromatic N) is 1. The molecule has 11 nitrogen and oxygen atoms in total. The third-order valence-electron chi connectivity index (χ3n) is 5.45. The molecule has 0 radical (unpaired) electrons. The average Bonchev–Trinajstić information content (AvgIpc) is 2.93. The molecule has 0 saturated heterocycles. The van der Waals surface area contributed by atoms with Crippen molar-refractivity contribution in [3.63, 3.8) is 0 Å². The number of aryl methyl sites for hydroxylation is 1. The molecule has 206 valence electrons. The minimum Gasteiger partial charge on any atom is -0.391 e. The molecule has 39 heavy (non-hydrogen) atoms. The number of pyridine rings is 1. The molecule has 1 heterocycles. The second kappa shape index (κ2) is 14.6. The van der Waals surface area contributed by atoms with Crippen LogP contribution in [0.4, 0.5) is 4.79 Å². The van der Waals surface area contributed by atoms with Crippen molar-refractivity contribution in [3.05, 3.63) is 89.6 Å². The molecule has 12 heteroatoms. The fourth-order valence-corrected chi connectivity index (χ4v) is 4.36. The van der Waals surface area contributed by atoms with E-state index in [0.29, 0.717) is 18.7 Å². The zero-order valence-corrected chi connectivity index (χ0v) is 22.2. The van der Waals surface area contributed by atoms with Crippen LogP contribution in [-0.4, -0.2) is 58.1 Å². The maximum atomic E-state index is 12.7. The van der Waals surface area contributed by atoms with Crippen molar-refractivity contribution in [2.45, 2.75) is 24.2 Å². The van der Waals surface area contributed by atoms with Gasteiger partial charge in [0.2, 0.25) is 5.88 Å². The Balaban J connectivity index is 1.47. The summed E-state index contributed by atoms with van der Waals surface area (Å²) in [5, 5.41) is 5.26. The standard InChI is InChI=1S/C27H30N4O7S/c1-37-18-17-29-27(34)38-24-15-12-22(19-30-24)26(33)31-39(35,36)23-13-10-21(11-14-23)25(32)28-16-6-5-9-20-7-3-2-4-8-20/h2-4,7-8,10-15,19H,5-6,9,16-18H2,1H3,(H,28,32)(H,29,34)(H,31,33). The Bertz CT molecular complexity index is 1350. The summed E-state index contributed by atoms with van der Waals surface area (Å²) < 4.78 is 37.0. The summed E-state index contributed by atoms with van der Waals surface area (Å²) in [6, 6.07) is 17.9. The molecule has 0 atom stereocenters. The van der Waals surface area contributed by atoms with Crippen molar-refractivity contribution in [1.82, 2.24) is 20.3 Å². The average molecular weight is 555 g/mol. The summed E-state index contributed by atoms with van der Waals surface area (Å²) in [4.78, 5) is 40.1. The normalized spacial score (nSPS) is 10.9. The van der Waals surface area contributed by atoms with Crippen LogP contribution in [0.1, 0.15) is 39.1 Å². The number of unbranched alkanes of at least 4 members (excludes halogenated alkanes) is 1. The fraction of sp³-hybridized carbons (Fsp3) is 0.259. The van der Waals surface area contributed by atoms with Crippen LogP contribution in [0.5, 0.6) is 5.88 Å². The molecule has 0 bridgehead atoms. The quantitative estimate of drug-likeness (QED) is 0.273. The maximum absolute atomic E-state index is 12.7. The molecule has 0 spiro atoms. The lowest BCUT2D eigenvalue weighted by molar-refractivity contribution is 0.0950. The highest BCUT2D eigenvalue weighted by Crippen LogP contribution is 2.13. The second-order valence-electron chi connectivity index (χ2n) is 8.35. The van der Waals surface area contributed by atoms with Gasteiger partial charge in [-0.25, -0.2) is 22.9 Å². The van der Waals surface area contributed by atoms with Gasteiger partial charge < -0.3 is 20.1 Å². The number of methoxy groups -OCH3 is 1. The molecule has 1 aromatic heterocycles. The zero-order chi connectivity index (χ0) is 28.1. The van der Waals surface area contributed by atoms with Crippen molar-refractivity contribution in [1.29, 1.82) is 0 Å². The first-order chi connectivity index (χ1) is 18.8. The topological polar surface area (TPSA) is 153 Å². The van der Waals surface area contributed by atoms with Crippen LogP contribution in [0.25, 0.3) is 0 Å². The zero-order valence-electron chi connectivity index (χ0n) is 21.4. The molecular formula is C27H30N4O7S. The van der Waals surface area contributed by atoms with E-state index in [1.165, 1.54) is 49.1 Å². The Morgan fingerprint density at radius 1 is 0.821 bits per heavy atom. The minimum atomic E-state index is -4.21. The summed E-state index contributed by atoms with van der Waals surface area (Å²) in [5.74, 6) is -1.31. The first kappa shape index (κ1) is 29.3. The highest BCUT2D eigenvalue weighted by Gasteiger charge is 2.20. The van der Waals surface area contributed by atoms with E-state index in [9.17, 15) is 22.8 Å². The van der Waals surface area contributed by atoms with Gasteiger partial charge in [-0.05, 0) is 55.2 Å². The summed E-state index contributed by atoms with van der Waals surface area (Å²) in [6.45, 7) is 1.05. The van der Waals surface area contributed by atoms with E-state index in [1.54, 1.807) is 0 Å². The Morgan fingerprint density at radius 3 is 2.21 bits per heavy atom. The van der Waals surface area contributed by atoms with Crippen molar-refractivity contribution >= 4 is 27.9 Å². The van der Waals surface area contributed by atoms with Crippen LogP contribution in [0.15, 0.2) is 77.8 Å². The lowest BCUT2D eigenvalue weighted by Gasteiger charge is -2.09. The van der Waals surface area contributed by atoms with Gasteiger partial charge in [0.05, 0.1) is 17.1 Å². The monoisotopic (exact) mass is 554 g/mol. The largest absolute Gasteiger partial charge is 0.414 e. The van der Waals surface area contributed by atoms with Gasteiger partial charge in [-0.1, -0.05) is 30.3 Å². The lowest BCUT2D eigenvalue weighted by Crippen LogP contribution is -2.31. The van der Waals surface area contributed by atoms with Crippen LogP contribution in [0, 0.1) is 0 Å². The second-order valence-corrected chi connectivity index (χ2v) is 10.0. The van der Waals surface area contributed by atoms with Crippen LogP contribution in [-0.2, 0) is 21.2 Å². The number of ether oxygens (including phenoxy) is 2. The maximum Gasteiger partial charge on any atom is 0.414 e. The van der Waals surface area contributed by atoms with Gasteiger partial charge in [0.25, 0.3) is 21.8 Å². The smallest absolute Gasteiger partial charge is 0.391 e. The van der Waals surface area contributed by atoms with Gasteiger partial charge in [0.15, 0.2) is 0 Å². The number of amides is 3. The molecule has 3 N–H and O–H groups in total. The van der Waals surface area contributed by atoms with Crippen LogP contribution >= 0.6 is 0 Å². The predicted molar refractivity (Wildman–Crippen MR) is 143 cm³/mol. The summed E-state index contributed by atoms with van der Waals surface area (Å²) in [7, 11) is -2.72. The van der Waals surface area contributed by atoms with Crippen LogP contribution < -0.4 is 20.1 Å². The number of benzene rings is 2. The van der Waals surface area contributed by atoms with Gasteiger partial charge >= 0.3 is 6.09 Å². The van der Waals surface area contributed by atoms with Crippen molar-refractivity contribution < 1.29 is 32.3 Å². The van der Waals surface area contributed by atoms with Gasteiger partial charge in [-0.3, -0.25) is 9.59 Å². The SMILES string of the molecule is COCCNC(=O)Oc1ccc(C(=O)NS(=O)(=O)c2ccc(C(=O)NCCCCc3ccccc3)cc2)cn1. The van der Waals surface area contributed by atoms with E-state index in [0.717, 1.165) is 25.5 Å². The van der Waals surface area contributed by atoms with Gasteiger partial charge in [-0.2, -0.15) is 0 Å². The summed E-state index contributed by atoms with van der Waals surface area (Å²) in [6.07, 6.45) is 2.99. The Kier molecular flexibility index (Phi) is 11.0. The van der Waals surface area contributed by atoms with E-state index in [1.807, 2.05) is 22.9 Å². The number of aromatic nitrogens is 1. The first-order valence-corrected chi connectivity index (χ1v) is 13.7.